The molecule has 0 aliphatic heterocycles. The minimum Gasteiger partial charge on any atom is -0.287 e. The summed E-state index contributed by atoms with van der Waals surface area (Å²) in [6, 6.07) is 23.1. The van der Waals surface area contributed by atoms with Crippen molar-refractivity contribution in [3.63, 3.8) is 0 Å². The Bertz CT molecular complexity index is 1240. The highest BCUT2D eigenvalue weighted by atomic mass is 35.5. The van der Waals surface area contributed by atoms with E-state index in [1.165, 1.54) is 12.1 Å². The number of hydrogen-bond donors (Lipinski definition) is 0. The molecule has 4 nitrogen and oxygen atoms in total. The quantitative estimate of drug-likeness (QED) is 0.468. The Hall–Kier alpha value is -2.89. The van der Waals surface area contributed by atoms with Gasteiger partial charge in [-0.05, 0) is 48.5 Å². The van der Waals surface area contributed by atoms with E-state index in [-0.39, 0.29) is 16.4 Å². The van der Waals surface area contributed by atoms with Crippen LogP contribution in [0.5, 0.6) is 0 Å². The van der Waals surface area contributed by atoms with Gasteiger partial charge in [-0.2, -0.15) is 0 Å². The number of benzene rings is 3. The van der Waals surface area contributed by atoms with E-state index in [9.17, 15) is 13.2 Å². The Labute approximate surface area is 161 Å². The SMILES string of the molecule is O=C(c1ccc(Cl)cc1)c1cc2ccccc2n1S(=O)(=O)c1ccccc1. The van der Waals surface area contributed by atoms with Gasteiger partial charge >= 0.3 is 0 Å². The van der Waals surface area contributed by atoms with Gasteiger partial charge in [0.05, 0.1) is 10.4 Å². The second-order valence-corrected chi connectivity index (χ2v) is 8.23. The van der Waals surface area contributed by atoms with Gasteiger partial charge in [-0.25, -0.2) is 12.4 Å². The number of para-hydroxylation sites is 1. The van der Waals surface area contributed by atoms with Crippen LogP contribution in [-0.4, -0.2) is 18.2 Å². The van der Waals surface area contributed by atoms with Crippen LogP contribution >= 0.6 is 11.6 Å². The molecule has 0 amide bonds. The maximum Gasteiger partial charge on any atom is 0.268 e. The van der Waals surface area contributed by atoms with Crippen molar-refractivity contribution in [2.45, 2.75) is 4.90 Å². The number of fused-ring (bicyclic) bond motifs is 1. The first-order valence-corrected chi connectivity index (χ1v) is 10.0. The summed E-state index contributed by atoms with van der Waals surface area (Å²) in [6.07, 6.45) is 0. The third kappa shape index (κ3) is 3.05. The van der Waals surface area contributed by atoms with Crippen LogP contribution in [0.4, 0.5) is 0 Å². The molecule has 4 rings (SSSR count). The van der Waals surface area contributed by atoms with Crippen molar-refractivity contribution in [3.05, 3.63) is 101 Å². The second-order valence-electron chi connectivity index (χ2n) is 6.01. The van der Waals surface area contributed by atoms with Gasteiger partial charge < -0.3 is 0 Å². The number of carbonyl (C=O) groups excluding carboxylic acids is 1. The van der Waals surface area contributed by atoms with Crippen LogP contribution in [-0.2, 0) is 10.0 Å². The second kappa shape index (κ2) is 6.68. The van der Waals surface area contributed by atoms with Gasteiger partial charge in [0.25, 0.3) is 10.0 Å². The zero-order valence-electron chi connectivity index (χ0n) is 14.0. The summed E-state index contributed by atoms with van der Waals surface area (Å²) in [7, 11) is -3.94. The molecule has 27 heavy (non-hydrogen) atoms. The van der Waals surface area contributed by atoms with Crippen molar-refractivity contribution < 1.29 is 13.2 Å². The van der Waals surface area contributed by atoms with Crippen molar-refractivity contribution in [3.8, 4) is 0 Å². The molecule has 0 spiro atoms. The fourth-order valence-corrected chi connectivity index (χ4v) is 4.65. The average molecular weight is 396 g/mol. The molecule has 1 heterocycles. The van der Waals surface area contributed by atoms with E-state index in [2.05, 4.69) is 0 Å². The van der Waals surface area contributed by atoms with E-state index >= 15 is 0 Å². The highest BCUT2D eigenvalue weighted by Crippen LogP contribution is 2.27. The molecule has 0 bridgehead atoms. The molecule has 0 unspecified atom stereocenters. The van der Waals surface area contributed by atoms with Gasteiger partial charge in [0.1, 0.15) is 5.69 Å². The first-order valence-electron chi connectivity index (χ1n) is 8.20. The first-order chi connectivity index (χ1) is 13.0. The summed E-state index contributed by atoms with van der Waals surface area (Å²) >= 11 is 5.90. The average Bonchev–Trinajstić information content (AvgIpc) is 3.09. The Morgan fingerprint density at radius 1 is 0.815 bits per heavy atom. The molecular formula is C21H14ClNO3S. The maximum absolute atomic E-state index is 13.3. The molecular weight excluding hydrogens is 382 g/mol. The Balaban J connectivity index is 1.98. The standard InChI is InChI=1S/C21H14ClNO3S/c22-17-12-10-15(11-13-17)21(24)20-14-16-6-4-5-9-19(16)23(20)27(25,26)18-7-2-1-3-8-18/h1-14H. The van der Waals surface area contributed by atoms with E-state index in [0.29, 0.717) is 21.5 Å². The van der Waals surface area contributed by atoms with Crippen molar-refractivity contribution in [1.29, 1.82) is 0 Å². The zero-order valence-corrected chi connectivity index (χ0v) is 15.6. The third-order valence-electron chi connectivity index (χ3n) is 4.29. The molecule has 3 aromatic carbocycles. The highest BCUT2D eigenvalue weighted by molar-refractivity contribution is 7.90. The van der Waals surface area contributed by atoms with E-state index in [4.69, 9.17) is 11.6 Å². The molecule has 0 saturated carbocycles. The molecule has 6 heteroatoms. The van der Waals surface area contributed by atoms with Crippen molar-refractivity contribution in [2.75, 3.05) is 0 Å². The third-order valence-corrected chi connectivity index (χ3v) is 6.28. The van der Waals surface area contributed by atoms with Crippen LogP contribution in [0.1, 0.15) is 16.1 Å². The van der Waals surface area contributed by atoms with Crippen LogP contribution in [0.25, 0.3) is 10.9 Å². The molecule has 0 atom stereocenters. The maximum atomic E-state index is 13.3. The topological polar surface area (TPSA) is 56.1 Å². The largest absolute Gasteiger partial charge is 0.287 e. The van der Waals surface area contributed by atoms with Crippen LogP contribution < -0.4 is 0 Å². The monoisotopic (exact) mass is 395 g/mol. The fraction of sp³-hybridized carbons (Fsp3) is 0. The predicted octanol–water partition coefficient (Wildman–Crippen LogP) is 4.76. The Kier molecular flexibility index (Phi) is 4.34. The van der Waals surface area contributed by atoms with Gasteiger partial charge in [-0.15, -0.1) is 0 Å². The number of rotatable bonds is 4. The summed E-state index contributed by atoms with van der Waals surface area (Å²) in [5.41, 5.74) is 0.910. The molecule has 0 fully saturated rings. The molecule has 0 saturated heterocycles. The fourth-order valence-electron chi connectivity index (χ4n) is 2.99. The minimum absolute atomic E-state index is 0.0855. The first kappa shape index (κ1) is 17.5. The van der Waals surface area contributed by atoms with E-state index in [1.807, 2.05) is 0 Å². The molecule has 4 aromatic rings. The lowest BCUT2D eigenvalue weighted by Crippen LogP contribution is -2.19. The minimum atomic E-state index is -3.94. The highest BCUT2D eigenvalue weighted by Gasteiger charge is 2.26. The summed E-state index contributed by atoms with van der Waals surface area (Å²) in [5.74, 6) is -0.387. The normalized spacial score (nSPS) is 11.6. The Morgan fingerprint density at radius 2 is 1.44 bits per heavy atom. The molecule has 134 valence electrons. The Morgan fingerprint density at radius 3 is 2.15 bits per heavy atom. The summed E-state index contributed by atoms with van der Waals surface area (Å²) < 4.78 is 27.7. The van der Waals surface area contributed by atoms with Crippen LogP contribution in [0.3, 0.4) is 0 Å². The zero-order chi connectivity index (χ0) is 19.0. The van der Waals surface area contributed by atoms with Gasteiger partial charge in [0.2, 0.25) is 5.78 Å². The van der Waals surface area contributed by atoms with Gasteiger partial charge in [0.15, 0.2) is 0 Å². The summed E-state index contributed by atoms with van der Waals surface area (Å²) in [4.78, 5) is 13.2. The van der Waals surface area contributed by atoms with Gasteiger partial charge in [-0.3, -0.25) is 4.79 Å². The lowest BCUT2D eigenvalue weighted by molar-refractivity contribution is 0.103. The smallest absolute Gasteiger partial charge is 0.268 e. The number of ketones is 1. The summed E-state index contributed by atoms with van der Waals surface area (Å²) in [5, 5.41) is 1.18. The number of nitrogens with zero attached hydrogens (tertiary/aromatic N) is 1. The van der Waals surface area contributed by atoms with Crippen LogP contribution in [0, 0.1) is 0 Å². The van der Waals surface area contributed by atoms with E-state index in [1.54, 1.807) is 72.8 Å². The lowest BCUT2D eigenvalue weighted by atomic mass is 10.1. The van der Waals surface area contributed by atoms with Gasteiger partial charge in [-0.1, -0.05) is 48.0 Å². The molecule has 0 aliphatic rings. The molecule has 0 N–H and O–H groups in total. The summed E-state index contributed by atoms with van der Waals surface area (Å²) in [6.45, 7) is 0. The van der Waals surface area contributed by atoms with Gasteiger partial charge in [0, 0.05) is 16.0 Å². The predicted molar refractivity (Wildman–Crippen MR) is 106 cm³/mol. The van der Waals surface area contributed by atoms with Crippen molar-refractivity contribution >= 4 is 38.3 Å². The van der Waals surface area contributed by atoms with Crippen molar-refractivity contribution in [1.82, 2.24) is 3.97 Å². The molecule has 0 radical (unpaired) electrons. The number of hydrogen-bond acceptors (Lipinski definition) is 3. The van der Waals surface area contributed by atoms with E-state index < -0.39 is 10.0 Å². The van der Waals surface area contributed by atoms with Crippen LogP contribution in [0.15, 0.2) is 89.8 Å². The number of carbonyl (C=O) groups is 1. The lowest BCUT2D eigenvalue weighted by Gasteiger charge is -2.11. The molecule has 0 aliphatic carbocycles. The van der Waals surface area contributed by atoms with Crippen LogP contribution in [0.2, 0.25) is 5.02 Å². The number of aromatic nitrogens is 1. The molecule has 1 aromatic heterocycles. The van der Waals surface area contributed by atoms with E-state index in [0.717, 1.165) is 3.97 Å². The van der Waals surface area contributed by atoms with Crippen molar-refractivity contribution in [2.24, 2.45) is 0 Å². The number of halogens is 1.